The first kappa shape index (κ1) is 12.5. The van der Waals surface area contributed by atoms with Gasteiger partial charge in [0.15, 0.2) is 0 Å². The first-order chi connectivity index (χ1) is 7.15. The number of amides is 1. The Morgan fingerprint density at radius 3 is 2.53 bits per heavy atom. The number of hydrogen-bond donors (Lipinski definition) is 2. The molecular weight excluding hydrogens is 190 g/mol. The Morgan fingerprint density at radius 2 is 2.00 bits per heavy atom. The molecule has 0 unspecified atom stereocenters. The van der Waals surface area contributed by atoms with Crippen LogP contribution in [0.2, 0.25) is 0 Å². The fraction of sp³-hybridized carbons (Fsp3) is 0.909. The second-order valence-electron chi connectivity index (χ2n) is 4.48. The topological polar surface area (TPSA) is 58.4 Å². The number of likely N-dealkylation sites (N-methyl/N-ethyl adjacent to an activating group) is 2. The SMILES string of the molecule is CNCCN(C)C(=O)C1CCC(N)CC1. The second kappa shape index (κ2) is 6.08. The van der Waals surface area contributed by atoms with Crippen LogP contribution in [0.3, 0.4) is 0 Å². The minimum Gasteiger partial charge on any atom is -0.344 e. The van der Waals surface area contributed by atoms with Crippen molar-refractivity contribution in [3.05, 3.63) is 0 Å². The van der Waals surface area contributed by atoms with E-state index in [9.17, 15) is 4.79 Å². The van der Waals surface area contributed by atoms with E-state index in [1.54, 1.807) is 0 Å². The fourth-order valence-corrected chi connectivity index (χ4v) is 2.07. The van der Waals surface area contributed by atoms with Gasteiger partial charge >= 0.3 is 0 Å². The summed E-state index contributed by atoms with van der Waals surface area (Å²) < 4.78 is 0. The zero-order chi connectivity index (χ0) is 11.3. The van der Waals surface area contributed by atoms with E-state index in [-0.39, 0.29) is 11.8 Å². The van der Waals surface area contributed by atoms with Gasteiger partial charge in [-0.2, -0.15) is 0 Å². The van der Waals surface area contributed by atoms with Gasteiger partial charge in [-0.25, -0.2) is 0 Å². The molecule has 1 rings (SSSR count). The molecule has 0 aromatic carbocycles. The molecule has 88 valence electrons. The molecule has 1 aliphatic rings. The predicted molar refractivity (Wildman–Crippen MR) is 61.5 cm³/mol. The molecule has 15 heavy (non-hydrogen) atoms. The van der Waals surface area contributed by atoms with Crippen molar-refractivity contribution in [3.8, 4) is 0 Å². The maximum absolute atomic E-state index is 12.0. The third kappa shape index (κ3) is 3.80. The van der Waals surface area contributed by atoms with Gasteiger partial charge in [-0.1, -0.05) is 0 Å². The molecule has 0 heterocycles. The second-order valence-corrected chi connectivity index (χ2v) is 4.48. The van der Waals surface area contributed by atoms with Gasteiger partial charge in [-0.15, -0.1) is 0 Å². The highest BCUT2D eigenvalue weighted by atomic mass is 16.2. The van der Waals surface area contributed by atoms with Gasteiger partial charge in [0, 0.05) is 32.1 Å². The van der Waals surface area contributed by atoms with Crippen LogP contribution in [0.15, 0.2) is 0 Å². The average molecular weight is 213 g/mol. The van der Waals surface area contributed by atoms with Gasteiger partial charge < -0.3 is 16.0 Å². The molecule has 1 saturated carbocycles. The molecule has 0 aromatic rings. The number of nitrogens with two attached hydrogens (primary N) is 1. The summed E-state index contributed by atoms with van der Waals surface area (Å²) in [7, 11) is 3.78. The van der Waals surface area contributed by atoms with Gasteiger partial charge in [-0.3, -0.25) is 4.79 Å². The molecule has 0 saturated heterocycles. The van der Waals surface area contributed by atoms with Gasteiger partial charge in [0.05, 0.1) is 0 Å². The molecule has 0 radical (unpaired) electrons. The third-order valence-corrected chi connectivity index (χ3v) is 3.19. The van der Waals surface area contributed by atoms with Gasteiger partial charge in [0.2, 0.25) is 5.91 Å². The molecule has 3 N–H and O–H groups in total. The first-order valence-corrected chi connectivity index (χ1v) is 5.80. The Labute approximate surface area is 92.2 Å². The zero-order valence-corrected chi connectivity index (χ0v) is 9.83. The van der Waals surface area contributed by atoms with E-state index in [1.807, 2.05) is 19.0 Å². The molecule has 1 fully saturated rings. The van der Waals surface area contributed by atoms with Crippen molar-refractivity contribution in [3.63, 3.8) is 0 Å². The average Bonchev–Trinajstić information content (AvgIpc) is 2.26. The summed E-state index contributed by atoms with van der Waals surface area (Å²) in [6, 6.07) is 0.316. The molecule has 4 nitrogen and oxygen atoms in total. The van der Waals surface area contributed by atoms with Crippen molar-refractivity contribution in [2.75, 3.05) is 27.2 Å². The van der Waals surface area contributed by atoms with Crippen LogP contribution >= 0.6 is 0 Å². The minimum atomic E-state index is 0.214. The normalized spacial score (nSPS) is 26.3. The molecule has 0 aromatic heterocycles. The highest BCUT2D eigenvalue weighted by molar-refractivity contribution is 5.78. The molecule has 0 aliphatic heterocycles. The van der Waals surface area contributed by atoms with E-state index in [1.165, 1.54) is 0 Å². The van der Waals surface area contributed by atoms with Crippen LogP contribution in [0, 0.1) is 5.92 Å². The van der Waals surface area contributed by atoms with Crippen LogP contribution in [0.4, 0.5) is 0 Å². The monoisotopic (exact) mass is 213 g/mol. The summed E-state index contributed by atoms with van der Waals surface area (Å²) in [5, 5.41) is 3.05. The number of carbonyl (C=O) groups excluding carboxylic acids is 1. The van der Waals surface area contributed by atoms with Crippen LogP contribution in [0.5, 0.6) is 0 Å². The summed E-state index contributed by atoms with van der Waals surface area (Å²) >= 11 is 0. The van der Waals surface area contributed by atoms with E-state index >= 15 is 0 Å². The van der Waals surface area contributed by atoms with Crippen molar-refractivity contribution < 1.29 is 4.79 Å². The maximum atomic E-state index is 12.0. The summed E-state index contributed by atoms with van der Waals surface area (Å²) in [5.74, 6) is 0.504. The number of nitrogens with one attached hydrogen (secondary N) is 1. The van der Waals surface area contributed by atoms with Crippen molar-refractivity contribution in [1.29, 1.82) is 0 Å². The Bertz CT molecular complexity index is 200. The van der Waals surface area contributed by atoms with Gasteiger partial charge in [-0.05, 0) is 32.7 Å². The molecule has 1 amide bonds. The van der Waals surface area contributed by atoms with Crippen LogP contribution in [0.25, 0.3) is 0 Å². The van der Waals surface area contributed by atoms with Crippen molar-refractivity contribution >= 4 is 5.91 Å². The standard InChI is InChI=1S/C11H23N3O/c1-13-7-8-14(2)11(15)9-3-5-10(12)6-4-9/h9-10,13H,3-8,12H2,1-2H3. The Balaban J connectivity index is 2.32. The van der Waals surface area contributed by atoms with Crippen LogP contribution in [-0.2, 0) is 4.79 Å². The van der Waals surface area contributed by atoms with Crippen LogP contribution in [-0.4, -0.2) is 44.0 Å². The third-order valence-electron chi connectivity index (χ3n) is 3.19. The quantitative estimate of drug-likeness (QED) is 0.700. The van der Waals surface area contributed by atoms with Crippen LogP contribution in [0.1, 0.15) is 25.7 Å². The van der Waals surface area contributed by atoms with E-state index in [0.29, 0.717) is 6.04 Å². The van der Waals surface area contributed by atoms with E-state index in [2.05, 4.69) is 5.32 Å². The summed E-state index contributed by atoms with van der Waals surface area (Å²) in [4.78, 5) is 13.8. The Morgan fingerprint density at radius 1 is 1.40 bits per heavy atom. The number of carbonyl (C=O) groups is 1. The van der Waals surface area contributed by atoms with Crippen molar-refractivity contribution in [1.82, 2.24) is 10.2 Å². The smallest absolute Gasteiger partial charge is 0.225 e. The molecule has 1 aliphatic carbocycles. The molecule has 0 spiro atoms. The highest BCUT2D eigenvalue weighted by Crippen LogP contribution is 2.24. The van der Waals surface area contributed by atoms with Crippen molar-refractivity contribution in [2.24, 2.45) is 11.7 Å². The lowest BCUT2D eigenvalue weighted by molar-refractivity contribution is -0.135. The number of hydrogen-bond acceptors (Lipinski definition) is 3. The summed E-state index contributed by atoms with van der Waals surface area (Å²) in [6.07, 6.45) is 3.92. The predicted octanol–water partition coefficient (Wildman–Crippen LogP) is 0.182. The molecule has 0 bridgehead atoms. The lowest BCUT2D eigenvalue weighted by Crippen LogP contribution is -2.39. The maximum Gasteiger partial charge on any atom is 0.225 e. The summed E-state index contributed by atoms with van der Waals surface area (Å²) in [6.45, 7) is 1.65. The van der Waals surface area contributed by atoms with Gasteiger partial charge in [0.1, 0.15) is 0 Å². The molecular formula is C11H23N3O. The first-order valence-electron chi connectivity index (χ1n) is 5.80. The minimum absolute atomic E-state index is 0.214. The fourth-order valence-electron chi connectivity index (χ4n) is 2.07. The molecule has 4 heteroatoms. The Hall–Kier alpha value is -0.610. The molecule has 0 atom stereocenters. The zero-order valence-electron chi connectivity index (χ0n) is 9.83. The number of nitrogens with zero attached hydrogens (tertiary/aromatic N) is 1. The number of rotatable bonds is 4. The van der Waals surface area contributed by atoms with E-state index < -0.39 is 0 Å². The van der Waals surface area contributed by atoms with Crippen molar-refractivity contribution in [2.45, 2.75) is 31.7 Å². The van der Waals surface area contributed by atoms with E-state index in [4.69, 9.17) is 5.73 Å². The largest absolute Gasteiger partial charge is 0.344 e. The van der Waals surface area contributed by atoms with E-state index in [0.717, 1.165) is 38.8 Å². The van der Waals surface area contributed by atoms with Gasteiger partial charge in [0.25, 0.3) is 0 Å². The lowest BCUT2D eigenvalue weighted by atomic mass is 9.85. The van der Waals surface area contributed by atoms with Crippen LogP contribution < -0.4 is 11.1 Å². The summed E-state index contributed by atoms with van der Waals surface area (Å²) in [5.41, 5.74) is 5.82. The Kier molecular flexibility index (Phi) is 5.05. The highest BCUT2D eigenvalue weighted by Gasteiger charge is 2.26. The lowest BCUT2D eigenvalue weighted by Gasteiger charge is -2.28.